The maximum absolute atomic E-state index is 13.2. The minimum absolute atomic E-state index is 0.0725. The van der Waals surface area contributed by atoms with Crippen LogP contribution in [0.1, 0.15) is 17.5 Å². The first-order valence-corrected chi connectivity index (χ1v) is 7.96. The number of aromatic nitrogens is 2. The first-order chi connectivity index (χ1) is 12.2. The lowest BCUT2D eigenvalue weighted by molar-refractivity contribution is -0.138. The fourth-order valence-corrected chi connectivity index (χ4v) is 2.81. The molecule has 26 heavy (non-hydrogen) atoms. The normalized spacial score (nSPS) is 16.8. The van der Waals surface area contributed by atoms with E-state index in [1.54, 1.807) is 0 Å². The zero-order valence-electron chi connectivity index (χ0n) is 13.2. The molecule has 0 radical (unpaired) electrons. The molecule has 1 aromatic heterocycles. The SMILES string of the molecule is FC1(F)CCN(c2ncc(OCc3c(Cl)cccc3C(F)(F)F)cn2)C1. The average Bonchev–Trinajstić information content (AvgIpc) is 2.93. The Morgan fingerprint density at radius 2 is 1.88 bits per heavy atom. The lowest BCUT2D eigenvalue weighted by atomic mass is 10.1. The summed E-state index contributed by atoms with van der Waals surface area (Å²) >= 11 is 5.85. The van der Waals surface area contributed by atoms with Gasteiger partial charge in [-0.25, -0.2) is 18.7 Å². The Hall–Kier alpha value is -2.16. The number of hydrogen-bond donors (Lipinski definition) is 0. The lowest BCUT2D eigenvalue weighted by Gasteiger charge is -2.17. The van der Waals surface area contributed by atoms with Gasteiger partial charge in [0.05, 0.1) is 24.5 Å². The van der Waals surface area contributed by atoms with Crippen molar-refractivity contribution in [2.75, 3.05) is 18.0 Å². The van der Waals surface area contributed by atoms with Crippen LogP contribution in [0.4, 0.5) is 27.9 Å². The van der Waals surface area contributed by atoms with Crippen molar-refractivity contribution in [2.45, 2.75) is 25.1 Å². The molecular formula is C16H13ClF5N3O. The summed E-state index contributed by atoms with van der Waals surface area (Å²) in [6.45, 7) is -0.775. The molecule has 1 aliphatic heterocycles. The van der Waals surface area contributed by atoms with E-state index < -0.39 is 30.8 Å². The van der Waals surface area contributed by atoms with Crippen LogP contribution in [0.25, 0.3) is 0 Å². The molecule has 0 aliphatic carbocycles. The fourth-order valence-electron chi connectivity index (χ4n) is 2.58. The Labute approximate surface area is 150 Å². The second-order valence-electron chi connectivity index (χ2n) is 5.80. The molecule has 10 heteroatoms. The second kappa shape index (κ2) is 6.86. The minimum Gasteiger partial charge on any atom is -0.486 e. The Kier molecular flexibility index (Phi) is 4.92. The van der Waals surface area contributed by atoms with Crippen molar-refractivity contribution in [1.82, 2.24) is 9.97 Å². The molecular weight excluding hydrogens is 381 g/mol. The summed E-state index contributed by atoms with van der Waals surface area (Å²) in [6.07, 6.45) is -2.39. The largest absolute Gasteiger partial charge is 0.486 e. The van der Waals surface area contributed by atoms with Crippen molar-refractivity contribution in [1.29, 1.82) is 0 Å². The molecule has 140 valence electrons. The first-order valence-electron chi connectivity index (χ1n) is 7.58. The summed E-state index contributed by atoms with van der Waals surface area (Å²) in [5.74, 6) is -2.56. The van der Waals surface area contributed by atoms with Crippen LogP contribution in [0.3, 0.4) is 0 Å². The van der Waals surface area contributed by atoms with Gasteiger partial charge in [0.15, 0.2) is 5.75 Å². The Balaban J connectivity index is 1.70. The summed E-state index contributed by atoms with van der Waals surface area (Å²) in [6, 6.07) is 3.46. The average molecular weight is 394 g/mol. The van der Waals surface area contributed by atoms with Gasteiger partial charge in [0, 0.05) is 23.6 Å². The molecule has 4 nitrogen and oxygen atoms in total. The van der Waals surface area contributed by atoms with E-state index >= 15 is 0 Å². The zero-order valence-corrected chi connectivity index (χ0v) is 14.0. The third-order valence-electron chi connectivity index (χ3n) is 3.87. The third-order valence-corrected chi connectivity index (χ3v) is 4.23. The highest BCUT2D eigenvalue weighted by Gasteiger charge is 2.39. The topological polar surface area (TPSA) is 38.2 Å². The quantitative estimate of drug-likeness (QED) is 0.713. The molecule has 2 aromatic rings. The number of halogens is 6. The molecule has 0 amide bonds. The van der Waals surface area contributed by atoms with Crippen molar-refractivity contribution in [3.8, 4) is 5.75 Å². The summed E-state index contributed by atoms with van der Waals surface area (Å²) in [5.41, 5.74) is -1.09. The smallest absolute Gasteiger partial charge is 0.416 e. The maximum atomic E-state index is 13.2. The molecule has 0 N–H and O–H groups in total. The number of alkyl halides is 5. The highest BCUT2D eigenvalue weighted by Crippen LogP contribution is 2.35. The summed E-state index contributed by atoms with van der Waals surface area (Å²) in [7, 11) is 0. The van der Waals surface area contributed by atoms with E-state index in [0.29, 0.717) is 0 Å². The highest BCUT2D eigenvalue weighted by molar-refractivity contribution is 6.31. The Morgan fingerprint density at radius 1 is 1.19 bits per heavy atom. The molecule has 1 fully saturated rings. The summed E-state index contributed by atoms with van der Waals surface area (Å²) < 4.78 is 70.8. The van der Waals surface area contributed by atoms with Crippen molar-refractivity contribution in [2.24, 2.45) is 0 Å². The Morgan fingerprint density at radius 3 is 2.46 bits per heavy atom. The van der Waals surface area contributed by atoms with Gasteiger partial charge >= 0.3 is 6.18 Å². The van der Waals surface area contributed by atoms with E-state index in [4.69, 9.17) is 16.3 Å². The number of anilines is 1. The highest BCUT2D eigenvalue weighted by atomic mass is 35.5. The third kappa shape index (κ3) is 4.14. The molecule has 0 atom stereocenters. The van der Waals surface area contributed by atoms with Crippen LogP contribution in [-0.2, 0) is 12.8 Å². The molecule has 1 aliphatic rings. The van der Waals surface area contributed by atoms with E-state index in [1.165, 1.54) is 29.4 Å². The van der Waals surface area contributed by atoms with Gasteiger partial charge in [-0.15, -0.1) is 0 Å². The van der Waals surface area contributed by atoms with Crippen LogP contribution in [-0.4, -0.2) is 29.0 Å². The fraction of sp³-hybridized carbons (Fsp3) is 0.375. The van der Waals surface area contributed by atoms with E-state index in [1.807, 2.05) is 0 Å². The van der Waals surface area contributed by atoms with Gasteiger partial charge in [-0.2, -0.15) is 13.2 Å². The molecule has 0 spiro atoms. The molecule has 0 unspecified atom stereocenters. The van der Waals surface area contributed by atoms with Crippen LogP contribution in [0.5, 0.6) is 5.75 Å². The van der Waals surface area contributed by atoms with Gasteiger partial charge in [-0.05, 0) is 12.1 Å². The zero-order chi connectivity index (χ0) is 18.9. The molecule has 0 saturated carbocycles. The van der Waals surface area contributed by atoms with Crippen LogP contribution in [0.2, 0.25) is 5.02 Å². The number of rotatable bonds is 4. The molecule has 1 aromatic carbocycles. The summed E-state index contributed by atoms with van der Waals surface area (Å²) in [4.78, 5) is 9.20. The standard InChI is InChI=1S/C16H13ClF5N3O/c17-13-3-1-2-12(16(20,21)22)11(13)8-26-10-6-23-14(24-7-10)25-5-4-15(18,19)9-25/h1-3,6-7H,4-5,8-9H2. The van der Waals surface area contributed by atoms with Crippen LogP contribution < -0.4 is 9.64 Å². The van der Waals surface area contributed by atoms with E-state index in [-0.39, 0.29) is 35.2 Å². The first kappa shape index (κ1) is 18.6. The predicted octanol–water partition coefficient (Wildman–Crippen LogP) is 4.57. The van der Waals surface area contributed by atoms with Gasteiger partial charge in [0.1, 0.15) is 6.61 Å². The summed E-state index contributed by atoms with van der Waals surface area (Å²) in [5, 5.41) is -0.0725. The number of benzene rings is 1. The number of hydrogen-bond acceptors (Lipinski definition) is 4. The molecule has 0 bridgehead atoms. The lowest BCUT2D eigenvalue weighted by Crippen LogP contribution is -2.26. The van der Waals surface area contributed by atoms with Crippen molar-refractivity contribution in [3.63, 3.8) is 0 Å². The molecule has 1 saturated heterocycles. The minimum atomic E-state index is -4.56. The van der Waals surface area contributed by atoms with Gasteiger partial charge in [-0.3, -0.25) is 0 Å². The van der Waals surface area contributed by atoms with Crippen molar-refractivity contribution in [3.05, 3.63) is 46.7 Å². The van der Waals surface area contributed by atoms with Crippen LogP contribution in [0, 0.1) is 0 Å². The van der Waals surface area contributed by atoms with Gasteiger partial charge in [-0.1, -0.05) is 17.7 Å². The maximum Gasteiger partial charge on any atom is 0.416 e. The number of ether oxygens (including phenoxy) is 1. The van der Waals surface area contributed by atoms with Crippen molar-refractivity contribution >= 4 is 17.5 Å². The van der Waals surface area contributed by atoms with E-state index in [0.717, 1.165) is 6.07 Å². The van der Waals surface area contributed by atoms with Crippen LogP contribution >= 0.6 is 11.6 Å². The predicted molar refractivity (Wildman–Crippen MR) is 84.6 cm³/mol. The molecule has 3 rings (SSSR count). The van der Waals surface area contributed by atoms with Gasteiger partial charge < -0.3 is 9.64 Å². The monoisotopic (exact) mass is 393 g/mol. The van der Waals surface area contributed by atoms with Crippen molar-refractivity contribution < 1.29 is 26.7 Å². The molecule has 2 heterocycles. The second-order valence-corrected chi connectivity index (χ2v) is 6.21. The Bertz CT molecular complexity index is 782. The number of nitrogens with zero attached hydrogens (tertiary/aromatic N) is 3. The van der Waals surface area contributed by atoms with E-state index in [9.17, 15) is 22.0 Å². The van der Waals surface area contributed by atoms with Gasteiger partial charge in [0.25, 0.3) is 5.92 Å². The van der Waals surface area contributed by atoms with Crippen LogP contribution in [0.15, 0.2) is 30.6 Å². The van der Waals surface area contributed by atoms with E-state index in [2.05, 4.69) is 9.97 Å². The van der Waals surface area contributed by atoms with Gasteiger partial charge in [0.2, 0.25) is 5.95 Å².